The van der Waals surface area contributed by atoms with Crippen LogP contribution in [-0.4, -0.2) is 35.3 Å². The first-order valence-electron chi connectivity index (χ1n) is 6.10. The molecular formula is C12H15BF3NO3. The van der Waals surface area contributed by atoms with Gasteiger partial charge in [-0.1, -0.05) is 0 Å². The second-order valence-electron chi connectivity index (χ2n) is 5.74. The van der Waals surface area contributed by atoms with Crippen LogP contribution in [-0.2, 0) is 9.31 Å². The Morgan fingerprint density at radius 2 is 1.65 bits per heavy atom. The fourth-order valence-corrected chi connectivity index (χ4v) is 1.80. The van der Waals surface area contributed by atoms with Crippen LogP contribution < -0.4 is 5.59 Å². The van der Waals surface area contributed by atoms with Gasteiger partial charge in [-0.2, -0.15) is 13.2 Å². The number of rotatable bonds is 2. The van der Waals surface area contributed by atoms with E-state index in [1.165, 1.54) is 6.07 Å². The number of Topliss-reactive ketones (excluding diaryl/α,β-unsaturated/α-hetero) is 1. The average molecular weight is 289 g/mol. The lowest BCUT2D eigenvalue weighted by molar-refractivity contribution is -0.0887. The van der Waals surface area contributed by atoms with Crippen molar-refractivity contribution >= 4 is 18.5 Å². The number of hydrogen-bond donors (Lipinski definition) is 1. The number of hydrogen-bond acceptors (Lipinski definition) is 3. The highest BCUT2D eigenvalue weighted by atomic mass is 19.4. The van der Waals surface area contributed by atoms with Crippen molar-refractivity contribution in [3.05, 3.63) is 17.8 Å². The van der Waals surface area contributed by atoms with E-state index in [2.05, 4.69) is 4.98 Å². The first kappa shape index (κ1) is 15.1. The molecule has 1 aliphatic heterocycles. The molecule has 1 aromatic heterocycles. The number of H-pyrrole nitrogens is 1. The summed E-state index contributed by atoms with van der Waals surface area (Å²) < 4.78 is 48.4. The van der Waals surface area contributed by atoms with Crippen LogP contribution in [0.1, 0.15) is 38.2 Å². The van der Waals surface area contributed by atoms with E-state index in [0.29, 0.717) is 0 Å². The number of aromatic amines is 1. The van der Waals surface area contributed by atoms with Crippen LogP contribution in [0.4, 0.5) is 13.2 Å². The lowest BCUT2D eigenvalue weighted by Crippen LogP contribution is -2.41. The van der Waals surface area contributed by atoms with Gasteiger partial charge in [0.05, 0.1) is 16.9 Å². The summed E-state index contributed by atoms with van der Waals surface area (Å²) in [4.78, 5) is 13.5. The summed E-state index contributed by atoms with van der Waals surface area (Å²) in [6.07, 6.45) is -4.90. The van der Waals surface area contributed by atoms with E-state index in [9.17, 15) is 18.0 Å². The SMILES string of the molecule is CC1(C)OB(c2ccc(C(=O)C(F)(F)F)[nH]2)OC1(C)C. The summed E-state index contributed by atoms with van der Waals surface area (Å²) in [5, 5.41) is 0. The minimum Gasteiger partial charge on any atom is -0.398 e. The summed E-state index contributed by atoms with van der Waals surface area (Å²) in [5.41, 5.74) is -1.44. The summed E-state index contributed by atoms with van der Waals surface area (Å²) in [6, 6.07) is 2.44. The maximum absolute atomic E-state index is 12.3. The van der Waals surface area contributed by atoms with Gasteiger partial charge in [0.1, 0.15) is 0 Å². The van der Waals surface area contributed by atoms with E-state index in [4.69, 9.17) is 9.31 Å². The lowest BCUT2D eigenvalue weighted by Gasteiger charge is -2.32. The number of ketones is 1. The molecule has 110 valence electrons. The van der Waals surface area contributed by atoms with Gasteiger partial charge in [-0.3, -0.25) is 4.79 Å². The van der Waals surface area contributed by atoms with Crippen molar-refractivity contribution in [1.29, 1.82) is 0 Å². The Morgan fingerprint density at radius 1 is 1.15 bits per heavy atom. The first-order chi connectivity index (χ1) is 8.94. The molecule has 4 nitrogen and oxygen atoms in total. The Morgan fingerprint density at radius 3 is 2.10 bits per heavy atom. The molecule has 1 aromatic rings. The quantitative estimate of drug-likeness (QED) is 0.669. The second-order valence-corrected chi connectivity index (χ2v) is 5.74. The fraction of sp³-hybridized carbons (Fsp3) is 0.583. The van der Waals surface area contributed by atoms with Crippen LogP contribution in [0.15, 0.2) is 12.1 Å². The van der Waals surface area contributed by atoms with Gasteiger partial charge in [0.15, 0.2) is 0 Å². The molecule has 0 radical (unpaired) electrons. The molecule has 8 heteroatoms. The molecule has 0 unspecified atom stereocenters. The Balaban J connectivity index is 2.22. The predicted octanol–water partition coefficient (Wildman–Crippen LogP) is 2.06. The van der Waals surface area contributed by atoms with Crippen LogP contribution in [0.25, 0.3) is 0 Å². The van der Waals surface area contributed by atoms with Crippen LogP contribution in [0.3, 0.4) is 0 Å². The van der Waals surface area contributed by atoms with E-state index in [-0.39, 0.29) is 5.59 Å². The van der Waals surface area contributed by atoms with E-state index in [1.807, 2.05) is 27.7 Å². The number of aromatic nitrogens is 1. The topological polar surface area (TPSA) is 51.3 Å². The van der Waals surface area contributed by atoms with Crippen molar-refractivity contribution in [2.75, 3.05) is 0 Å². The number of alkyl halides is 3. The molecule has 0 aromatic carbocycles. The van der Waals surface area contributed by atoms with E-state index in [0.717, 1.165) is 6.07 Å². The standard InChI is InChI=1S/C12H15BF3NO3/c1-10(2)11(3,4)20-13(19-10)8-6-5-7(17-8)9(18)12(14,15)16/h5-6,17H,1-4H3. The van der Waals surface area contributed by atoms with Crippen molar-refractivity contribution in [2.45, 2.75) is 45.1 Å². The highest BCUT2D eigenvalue weighted by molar-refractivity contribution is 6.61. The van der Waals surface area contributed by atoms with Gasteiger partial charge >= 0.3 is 13.3 Å². The van der Waals surface area contributed by atoms with Crippen LogP contribution in [0.5, 0.6) is 0 Å². The molecule has 0 bridgehead atoms. The van der Waals surface area contributed by atoms with Gasteiger partial charge in [-0.15, -0.1) is 0 Å². The highest BCUT2D eigenvalue weighted by Gasteiger charge is 2.52. The number of carbonyl (C=O) groups excluding carboxylic acids is 1. The minimum absolute atomic E-state index is 0.288. The average Bonchev–Trinajstić information content (AvgIpc) is 2.80. The Kier molecular flexibility index (Phi) is 3.30. The fourth-order valence-electron chi connectivity index (χ4n) is 1.80. The molecule has 0 amide bonds. The third-order valence-corrected chi connectivity index (χ3v) is 3.72. The predicted molar refractivity (Wildman–Crippen MR) is 66.9 cm³/mol. The van der Waals surface area contributed by atoms with E-state index < -0.39 is 36.0 Å². The number of carbonyl (C=O) groups is 1. The summed E-state index contributed by atoms with van der Waals surface area (Å²) in [5.74, 6) is -1.92. The van der Waals surface area contributed by atoms with Crippen molar-refractivity contribution in [3.8, 4) is 0 Å². The zero-order chi connectivity index (χ0) is 15.3. The number of nitrogens with one attached hydrogen (secondary N) is 1. The number of halogens is 3. The molecule has 1 fully saturated rings. The van der Waals surface area contributed by atoms with Crippen LogP contribution >= 0.6 is 0 Å². The molecule has 2 rings (SSSR count). The maximum Gasteiger partial charge on any atom is 0.512 e. The van der Waals surface area contributed by atoms with Gasteiger partial charge in [-0.25, -0.2) is 0 Å². The molecule has 1 N–H and O–H groups in total. The van der Waals surface area contributed by atoms with Gasteiger partial charge < -0.3 is 14.3 Å². The van der Waals surface area contributed by atoms with E-state index >= 15 is 0 Å². The zero-order valence-electron chi connectivity index (χ0n) is 11.6. The summed E-state index contributed by atoms with van der Waals surface area (Å²) in [7, 11) is -0.824. The molecule has 2 heterocycles. The van der Waals surface area contributed by atoms with Gasteiger partial charge in [0.2, 0.25) is 0 Å². The van der Waals surface area contributed by atoms with Crippen LogP contribution in [0, 0.1) is 0 Å². The van der Waals surface area contributed by atoms with Crippen molar-refractivity contribution in [3.63, 3.8) is 0 Å². The third kappa shape index (κ3) is 2.49. The van der Waals surface area contributed by atoms with Crippen LogP contribution in [0.2, 0.25) is 0 Å². The van der Waals surface area contributed by atoms with Crippen molar-refractivity contribution in [1.82, 2.24) is 4.98 Å². The molecule has 0 aliphatic carbocycles. The monoisotopic (exact) mass is 289 g/mol. The largest absolute Gasteiger partial charge is 0.512 e. The van der Waals surface area contributed by atoms with Gasteiger partial charge in [0.25, 0.3) is 5.78 Å². The van der Waals surface area contributed by atoms with E-state index in [1.54, 1.807) is 0 Å². The van der Waals surface area contributed by atoms with Crippen molar-refractivity contribution in [2.24, 2.45) is 0 Å². The molecule has 1 saturated heterocycles. The summed E-state index contributed by atoms with van der Waals surface area (Å²) >= 11 is 0. The molecular weight excluding hydrogens is 274 g/mol. The smallest absolute Gasteiger partial charge is 0.398 e. The third-order valence-electron chi connectivity index (χ3n) is 3.72. The Bertz CT molecular complexity index is 520. The molecule has 1 aliphatic rings. The Labute approximate surface area is 114 Å². The molecule has 0 saturated carbocycles. The first-order valence-corrected chi connectivity index (χ1v) is 6.10. The Hall–Kier alpha value is -1.28. The molecule has 0 spiro atoms. The summed E-state index contributed by atoms with van der Waals surface area (Å²) in [6.45, 7) is 7.32. The maximum atomic E-state index is 12.3. The van der Waals surface area contributed by atoms with Gasteiger partial charge in [0, 0.05) is 5.59 Å². The zero-order valence-corrected chi connectivity index (χ0v) is 11.6. The second kappa shape index (κ2) is 4.36. The van der Waals surface area contributed by atoms with Crippen molar-refractivity contribution < 1.29 is 27.3 Å². The molecule has 20 heavy (non-hydrogen) atoms. The minimum atomic E-state index is -4.90. The molecule has 0 atom stereocenters. The lowest BCUT2D eigenvalue weighted by atomic mass is 9.85. The normalized spacial score (nSPS) is 21.2. The van der Waals surface area contributed by atoms with Gasteiger partial charge in [-0.05, 0) is 39.8 Å². The highest BCUT2D eigenvalue weighted by Crippen LogP contribution is 2.36.